The molecule has 182 valence electrons. The van der Waals surface area contributed by atoms with Crippen molar-refractivity contribution >= 4 is 29.4 Å². The highest BCUT2D eigenvalue weighted by atomic mass is 35.5. The Morgan fingerprint density at radius 2 is 1.77 bits per heavy atom. The number of halogens is 2. The van der Waals surface area contributed by atoms with Gasteiger partial charge in [0.25, 0.3) is 5.91 Å². The summed E-state index contributed by atoms with van der Waals surface area (Å²) in [6.45, 7) is 1.85. The van der Waals surface area contributed by atoms with Gasteiger partial charge < -0.3 is 15.7 Å². The molecule has 3 aromatic rings. The van der Waals surface area contributed by atoms with E-state index in [1.54, 1.807) is 10.9 Å². The van der Waals surface area contributed by atoms with E-state index in [1.807, 2.05) is 43.3 Å². The number of benzene rings is 1. The fourth-order valence-electron chi connectivity index (χ4n) is 4.08. The lowest BCUT2D eigenvalue weighted by Gasteiger charge is -2.29. The first kappa shape index (κ1) is 25.7. The molecule has 2 aromatic heterocycles. The Morgan fingerprint density at radius 3 is 2.43 bits per heavy atom. The van der Waals surface area contributed by atoms with Crippen molar-refractivity contribution in [1.82, 2.24) is 20.1 Å². The molecule has 0 bridgehead atoms. The molecule has 1 fully saturated rings. The van der Waals surface area contributed by atoms with E-state index in [2.05, 4.69) is 32.6 Å². The number of carbonyl (C=O) groups is 2. The lowest BCUT2D eigenvalue weighted by Crippen LogP contribution is -2.37. The van der Waals surface area contributed by atoms with Gasteiger partial charge in [-0.25, -0.2) is 9.78 Å². The van der Waals surface area contributed by atoms with Gasteiger partial charge in [0.15, 0.2) is 0 Å². The average molecular weight is 498 g/mol. The van der Waals surface area contributed by atoms with Gasteiger partial charge in [-0.15, -0.1) is 0 Å². The zero-order chi connectivity index (χ0) is 24.1. The molecular weight excluding hydrogens is 473 g/mol. The largest absolute Gasteiger partial charge is 0.465 e. The molecule has 0 saturated heterocycles. The molecule has 0 atom stereocenters. The van der Waals surface area contributed by atoms with Gasteiger partial charge in [0, 0.05) is 23.4 Å². The van der Waals surface area contributed by atoms with E-state index in [-0.39, 0.29) is 27.5 Å². The first-order valence-electron chi connectivity index (χ1n) is 11.0. The molecule has 0 unspecified atom stereocenters. The smallest absolute Gasteiger partial charge is 0.404 e. The molecule has 0 radical (unpaired) electrons. The summed E-state index contributed by atoms with van der Waals surface area (Å²) in [5.74, 6) is 6.20. The number of carboxylic acid groups (broad SMARTS) is 1. The molecule has 4 rings (SSSR count). The Morgan fingerprint density at radius 1 is 1.09 bits per heavy atom. The summed E-state index contributed by atoms with van der Waals surface area (Å²) in [5.41, 5.74) is 2.70. The maximum absolute atomic E-state index is 13.1. The Balaban J connectivity index is 0.00000342. The maximum atomic E-state index is 13.1. The van der Waals surface area contributed by atoms with Gasteiger partial charge in [-0.1, -0.05) is 41.6 Å². The molecule has 8 nitrogen and oxygen atoms in total. The number of nitrogens with one attached hydrogen (secondary N) is 2. The third-order valence-corrected chi connectivity index (χ3v) is 6.05. The topological polar surface area (TPSA) is 109 Å². The summed E-state index contributed by atoms with van der Waals surface area (Å²) in [7, 11) is 0. The highest BCUT2D eigenvalue weighted by Gasteiger charge is 2.28. The van der Waals surface area contributed by atoms with E-state index < -0.39 is 12.0 Å². The first-order valence-corrected chi connectivity index (χ1v) is 11.4. The molecule has 35 heavy (non-hydrogen) atoms. The summed E-state index contributed by atoms with van der Waals surface area (Å²) >= 11 is 6.31. The minimum absolute atomic E-state index is 0. The molecular formula is C25H25ClFN5O3. The fourth-order valence-corrected chi connectivity index (χ4v) is 4.29. The monoisotopic (exact) mass is 497 g/mol. The summed E-state index contributed by atoms with van der Waals surface area (Å²) in [6.07, 6.45) is 4.77. The standard InChI is InChI=1S/C25H24ClN5O3.FH/c1-16-13-18(8-7-17-5-3-2-4-6-17)14-27-23(16)30-24(32)22-21(26)15-28-31(22)20-11-9-19(10-12-20)29-25(33)34;/h2-6,13-15,19-20,29H,9-12H2,1H3,(H,33,34)(H,27,30,32);1H. The Hall–Kier alpha value is -3.90. The molecule has 1 aliphatic carbocycles. The molecule has 10 heteroatoms. The zero-order valence-electron chi connectivity index (χ0n) is 19.0. The van der Waals surface area contributed by atoms with E-state index in [9.17, 15) is 9.59 Å². The van der Waals surface area contributed by atoms with Gasteiger partial charge in [0.1, 0.15) is 11.5 Å². The Bertz CT molecular complexity index is 1260. The van der Waals surface area contributed by atoms with E-state index in [1.165, 1.54) is 6.20 Å². The quantitative estimate of drug-likeness (QED) is 0.449. The molecule has 1 aliphatic rings. The average Bonchev–Trinajstić information content (AvgIpc) is 3.21. The predicted molar refractivity (Wildman–Crippen MR) is 132 cm³/mol. The molecule has 0 aliphatic heterocycles. The highest BCUT2D eigenvalue weighted by molar-refractivity contribution is 6.34. The normalized spacial score (nSPS) is 16.9. The molecule has 1 saturated carbocycles. The summed E-state index contributed by atoms with van der Waals surface area (Å²) < 4.78 is 1.64. The van der Waals surface area contributed by atoms with Gasteiger partial charge in [-0.05, 0) is 56.4 Å². The van der Waals surface area contributed by atoms with Gasteiger partial charge >= 0.3 is 6.09 Å². The van der Waals surface area contributed by atoms with Crippen LogP contribution in [0.4, 0.5) is 15.3 Å². The molecule has 2 amide bonds. The molecule has 3 N–H and O–H groups in total. The van der Waals surface area contributed by atoms with Crippen molar-refractivity contribution in [3.05, 3.63) is 76.2 Å². The van der Waals surface area contributed by atoms with Crippen molar-refractivity contribution < 1.29 is 19.4 Å². The van der Waals surface area contributed by atoms with Crippen LogP contribution in [-0.2, 0) is 0 Å². The van der Waals surface area contributed by atoms with Crippen molar-refractivity contribution in [2.24, 2.45) is 0 Å². The third-order valence-electron chi connectivity index (χ3n) is 5.77. The number of rotatable bonds is 4. The lowest BCUT2D eigenvalue weighted by molar-refractivity contribution is 0.101. The second-order valence-electron chi connectivity index (χ2n) is 8.20. The third kappa shape index (κ3) is 6.37. The zero-order valence-corrected chi connectivity index (χ0v) is 19.7. The Labute approximate surface area is 207 Å². The SMILES string of the molecule is Cc1cc(C#Cc2ccccc2)cnc1NC(=O)c1c(Cl)cnn1C1CCC(NC(=O)O)CC1.F. The number of pyridine rings is 1. The first-order chi connectivity index (χ1) is 16.4. The predicted octanol–water partition coefficient (Wildman–Crippen LogP) is 4.80. The van der Waals surface area contributed by atoms with Crippen LogP contribution in [-0.4, -0.2) is 37.9 Å². The number of aromatic nitrogens is 3. The van der Waals surface area contributed by atoms with Crippen molar-refractivity contribution in [3.63, 3.8) is 0 Å². The summed E-state index contributed by atoms with van der Waals surface area (Å²) in [6, 6.07) is 11.4. The van der Waals surface area contributed by atoms with Crippen LogP contribution in [0.15, 0.2) is 48.8 Å². The van der Waals surface area contributed by atoms with Crippen molar-refractivity contribution in [1.29, 1.82) is 0 Å². The van der Waals surface area contributed by atoms with Gasteiger partial charge in [0.2, 0.25) is 0 Å². The van der Waals surface area contributed by atoms with Crippen LogP contribution in [0.3, 0.4) is 0 Å². The van der Waals surface area contributed by atoms with Crippen molar-refractivity contribution in [2.75, 3.05) is 5.32 Å². The van der Waals surface area contributed by atoms with Crippen LogP contribution in [0.2, 0.25) is 5.02 Å². The Kier molecular flexibility index (Phi) is 8.44. The molecule has 0 spiro atoms. The number of nitrogens with zero attached hydrogens (tertiary/aromatic N) is 3. The number of aryl methyl sites for hydroxylation is 1. The number of hydrogen-bond donors (Lipinski definition) is 3. The minimum atomic E-state index is -1.02. The maximum Gasteiger partial charge on any atom is 0.404 e. The van der Waals surface area contributed by atoms with E-state index in [0.717, 1.165) is 16.7 Å². The van der Waals surface area contributed by atoms with E-state index in [0.29, 0.717) is 31.5 Å². The van der Waals surface area contributed by atoms with Crippen LogP contribution in [0.1, 0.15) is 58.9 Å². The van der Waals surface area contributed by atoms with Crippen molar-refractivity contribution in [2.45, 2.75) is 44.7 Å². The number of hydrogen-bond acceptors (Lipinski definition) is 4. The van der Waals surface area contributed by atoms with Crippen LogP contribution in [0.25, 0.3) is 0 Å². The number of carbonyl (C=O) groups excluding carboxylic acids is 1. The summed E-state index contributed by atoms with van der Waals surface area (Å²) in [5, 5.41) is 18.9. The van der Waals surface area contributed by atoms with Crippen LogP contribution in [0.5, 0.6) is 0 Å². The number of anilines is 1. The fraction of sp³-hybridized carbons (Fsp3) is 0.280. The second-order valence-corrected chi connectivity index (χ2v) is 8.61. The van der Waals surface area contributed by atoms with Gasteiger partial charge in [-0.3, -0.25) is 14.2 Å². The summed E-state index contributed by atoms with van der Waals surface area (Å²) in [4.78, 5) is 28.4. The second kappa shape index (κ2) is 11.5. The van der Waals surface area contributed by atoms with Crippen LogP contribution >= 0.6 is 11.6 Å². The van der Waals surface area contributed by atoms with Crippen LogP contribution in [0, 0.1) is 18.8 Å². The minimum Gasteiger partial charge on any atom is -0.465 e. The molecule has 2 heterocycles. The number of amides is 2. The van der Waals surface area contributed by atoms with Gasteiger partial charge in [0.05, 0.1) is 17.3 Å². The van der Waals surface area contributed by atoms with E-state index >= 15 is 0 Å². The lowest BCUT2D eigenvalue weighted by atomic mass is 9.91. The van der Waals surface area contributed by atoms with E-state index in [4.69, 9.17) is 16.7 Å². The molecule has 1 aromatic carbocycles. The van der Waals surface area contributed by atoms with Crippen molar-refractivity contribution in [3.8, 4) is 11.8 Å². The highest BCUT2D eigenvalue weighted by Crippen LogP contribution is 2.31. The van der Waals surface area contributed by atoms with Gasteiger partial charge in [-0.2, -0.15) is 5.10 Å². The van der Waals surface area contributed by atoms with Crippen LogP contribution < -0.4 is 10.6 Å².